The van der Waals surface area contributed by atoms with E-state index in [9.17, 15) is 9.90 Å². The Balaban J connectivity index is 4.15. The van der Waals surface area contributed by atoms with Crippen molar-refractivity contribution in [1.82, 2.24) is 0 Å². The highest BCUT2D eigenvalue weighted by atomic mass is 32.2. The van der Waals surface area contributed by atoms with Crippen molar-refractivity contribution in [3.05, 3.63) is 0 Å². The predicted molar refractivity (Wildman–Crippen MR) is 67.4 cm³/mol. The molecule has 2 atom stereocenters. The quantitative estimate of drug-likeness (QED) is 0.688. The van der Waals surface area contributed by atoms with E-state index in [4.69, 9.17) is 10.5 Å². The molecule has 0 heterocycles. The van der Waals surface area contributed by atoms with Crippen molar-refractivity contribution < 1.29 is 14.6 Å². The van der Waals surface area contributed by atoms with Crippen LogP contribution in [0.1, 0.15) is 27.7 Å². The number of carbonyl (C=O) groups excluding carboxylic acids is 1. The topological polar surface area (TPSA) is 72.5 Å². The molecule has 0 aliphatic carbocycles. The van der Waals surface area contributed by atoms with Crippen molar-refractivity contribution in [1.29, 1.82) is 0 Å². The fourth-order valence-corrected chi connectivity index (χ4v) is 2.36. The smallest absolute Gasteiger partial charge is 0.315 e. The molecule has 0 fully saturated rings. The SMILES string of the molecule is CCOC(=O)CSC(CO)C(N)C(C)(C)C. The lowest BCUT2D eigenvalue weighted by Crippen LogP contribution is -2.45. The molecule has 0 rings (SSSR count). The van der Waals surface area contributed by atoms with Gasteiger partial charge in [0.1, 0.15) is 0 Å². The maximum absolute atomic E-state index is 11.2. The van der Waals surface area contributed by atoms with Gasteiger partial charge in [-0.1, -0.05) is 20.8 Å². The third-order valence-corrected chi connectivity index (χ3v) is 3.57. The van der Waals surface area contributed by atoms with Crippen molar-refractivity contribution in [2.75, 3.05) is 19.0 Å². The number of ether oxygens (including phenoxy) is 1. The number of hydrogen-bond donors (Lipinski definition) is 2. The van der Waals surface area contributed by atoms with Gasteiger partial charge in [0.25, 0.3) is 0 Å². The Bertz CT molecular complexity index is 216. The Morgan fingerprint density at radius 2 is 2.06 bits per heavy atom. The molecule has 0 spiro atoms. The zero-order valence-electron chi connectivity index (χ0n) is 10.5. The van der Waals surface area contributed by atoms with Crippen molar-refractivity contribution in [2.45, 2.75) is 39.0 Å². The molecule has 2 unspecified atom stereocenters. The molecule has 0 aromatic rings. The summed E-state index contributed by atoms with van der Waals surface area (Å²) in [6.45, 7) is 8.19. The Morgan fingerprint density at radius 1 is 1.50 bits per heavy atom. The van der Waals surface area contributed by atoms with Crippen molar-refractivity contribution in [3.63, 3.8) is 0 Å². The summed E-state index contributed by atoms with van der Waals surface area (Å²) in [6.07, 6.45) is 0. The minimum absolute atomic E-state index is 0.0253. The molecular formula is C11H23NO3S. The van der Waals surface area contributed by atoms with Gasteiger partial charge in [-0.15, -0.1) is 11.8 Å². The third kappa shape index (κ3) is 5.72. The van der Waals surface area contributed by atoms with Gasteiger partial charge in [0, 0.05) is 11.3 Å². The molecule has 0 aromatic carbocycles. The van der Waals surface area contributed by atoms with Gasteiger partial charge in [-0.05, 0) is 12.3 Å². The first-order chi connectivity index (χ1) is 7.32. The van der Waals surface area contributed by atoms with Gasteiger partial charge in [0.2, 0.25) is 0 Å². The van der Waals surface area contributed by atoms with Crippen LogP contribution in [-0.4, -0.2) is 41.3 Å². The van der Waals surface area contributed by atoms with E-state index in [1.54, 1.807) is 6.92 Å². The monoisotopic (exact) mass is 249 g/mol. The largest absolute Gasteiger partial charge is 0.465 e. The summed E-state index contributed by atoms with van der Waals surface area (Å²) in [7, 11) is 0. The van der Waals surface area contributed by atoms with E-state index in [1.807, 2.05) is 20.8 Å². The van der Waals surface area contributed by atoms with Gasteiger partial charge < -0.3 is 15.6 Å². The van der Waals surface area contributed by atoms with Gasteiger partial charge in [-0.25, -0.2) is 0 Å². The molecule has 5 heteroatoms. The van der Waals surface area contributed by atoms with Crippen LogP contribution in [0.25, 0.3) is 0 Å². The maximum Gasteiger partial charge on any atom is 0.315 e. The highest BCUT2D eigenvalue weighted by molar-refractivity contribution is 8.00. The van der Waals surface area contributed by atoms with Crippen LogP contribution in [-0.2, 0) is 9.53 Å². The number of aliphatic hydroxyl groups excluding tert-OH is 1. The minimum atomic E-state index is -0.257. The molecule has 0 radical (unpaired) electrons. The van der Waals surface area contributed by atoms with E-state index in [1.165, 1.54) is 11.8 Å². The third-order valence-electron chi connectivity index (χ3n) is 2.30. The second kappa shape index (κ2) is 7.14. The standard InChI is InChI=1S/C11H23NO3S/c1-5-15-9(14)7-16-8(6-13)10(12)11(2,3)4/h8,10,13H,5-7,12H2,1-4H3. The summed E-state index contributed by atoms with van der Waals surface area (Å²) in [5.74, 6) is -0.0184. The summed E-state index contributed by atoms with van der Waals surface area (Å²) in [4.78, 5) is 11.2. The molecule has 0 aliphatic rings. The van der Waals surface area contributed by atoms with Crippen LogP contribution in [0.2, 0.25) is 0 Å². The number of carbonyl (C=O) groups is 1. The number of thioether (sulfide) groups is 1. The highest BCUT2D eigenvalue weighted by Gasteiger charge is 2.29. The number of esters is 1. The highest BCUT2D eigenvalue weighted by Crippen LogP contribution is 2.26. The average Bonchev–Trinajstić information content (AvgIpc) is 2.17. The Labute approximate surface area is 102 Å². The molecule has 96 valence electrons. The van der Waals surface area contributed by atoms with Crippen LogP contribution < -0.4 is 5.73 Å². The normalized spacial score (nSPS) is 15.6. The van der Waals surface area contributed by atoms with Crippen molar-refractivity contribution >= 4 is 17.7 Å². The lowest BCUT2D eigenvalue weighted by molar-refractivity contribution is -0.139. The second-order valence-electron chi connectivity index (χ2n) is 4.73. The zero-order chi connectivity index (χ0) is 12.8. The first-order valence-electron chi connectivity index (χ1n) is 5.46. The molecule has 0 saturated carbocycles. The van der Waals surface area contributed by atoms with Crippen LogP contribution in [0.4, 0.5) is 0 Å². The van der Waals surface area contributed by atoms with E-state index >= 15 is 0 Å². The molecule has 3 N–H and O–H groups in total. The lowest BCUT2D eigenvalue weighted by atomic mass is 9.85. The van der Waals surface area contributed by atoms with E-state index < -0.39 is 0 Å². The molecule has 4 nitrogen and oxygen atoms in total. The maximum atomic E-state index is 11.2. The second-order valence-corrected chi connectivity index (χ2v) is 5.96. The Hall–Kier alpha value is -0.260. The van der Waals surface area contributed by atoms with Crippen LogP contribution in [0.15, 0.2) is 0 Å². The molecule has 0 aromatic heterocycles. The molecule has 0 amide bonds. The van der Waals surface area contributed by atoms with Crippen molar-refractivity contribution in [3.8, 4) is 0 Å². The first kappa shape index (κ1) is 15.7. The van der Waals surface area contributed by atoms with Gasteiger partial charge in [-0.2, -0.15) is 0 Å². The number of hydrogen-bond acceptors (Lipinski definition) is 5. The van der Waals surface area contributed by atoms with Gasteiger partial charge in [0.15, 0.2) is 0 Å². The van der Waals surface area contributed by atoms with Gasteiger partial charge in [0.05, 0.1) is 19.0 Å². The summed E-state index contributed by atoms with van der Waals surface area (Å²) in [5.41, 5.74) is 5.94. The zero-order valence-corrected chi connectivity index (χ0v) is 11.3. The average molecular weight is 249 g/mol. The lowest BCUT2D eigenvalue weighted by Gasteiger charge is -2.32. The minimum Gasteiger partial charge on any atom is -0.465 e. The van der Waals surface area contributed by atoms with Crippen molar-refractivity contribution in [2.24, 2.45) is 11.1 Å². The fourth-order valence-electron chi connectivity index (χ4n) is 1.21. The first-order valence-corrected chi connectivity index (χ1v) is 6.51. The molecule has 0 bridgehead atoms. The number of aliphatic hydroxyl groups is 1. The molecule has 16 heavy (non-hydrogen) atoms. The molecule has 0 saturated heterocycles. The van der Waals surface area contributed by atoms with E-state index in [-0.39, 0.29) is 35.0 Å². The summed E-state index contributed by atoms with van der Waals surface area (Å²) >= 11 is 1.36. The van der Waals surface area contributed by atoms with Crippen LogP contribution in [0, 0.1) is 5.41 Å². The Kier molecular flexibility index (Phi) is 7.03. The number of rotatable bonds is 6. The van der Waals surface area contributed by atoms with Crippen LogP contribution in [0.5, 0.6) is 0 Å². The molecule has 0 aliphatic heterocycles. The molecular weight excluding hydrogens is 226 g/mol. The van der Waals surface area contributed by atoms with E-state index in [0.717, 1.165) is 0 Å². The van der Waals surface area contributed by atoms with E-state index in [0.29, 0.717) is 6.61 Å². The van der Waals surface area contributed by atoms with Gasteiger partial charge in [-0.3, -0.25) is 4.79 Å². The van der Waals surface area contributed by atoms with Crippen LogP contribution >= 0.6 is 11.8 Å². The fraction of sp³-hybridized carbons (Fsp3) is 0.909. The summed E-state index contributed by atoms with van der Waals surface area (Å²) in [6, 6.07) is -0.156. The number of nitrogens with two attached hydrogens (primary N) is 1. The van der Waals surface area contributed by atoms with E-state index in [2.05, 4.69) is 0 Å². The van der Waals surface area contributed by atoms with Gasteiger partial charge >= 0.3 is 5.97 Å². The summed E-state index contributed by atoms with van der Waals surface area (Å²) < 4.78 is 4.82. The van der Waals surface area contributed by atoms with Crippen LogP contribution in [0.3, 0.4) is 0 Å². The predicted octanol–water partition coefficient (Wildman–Crippen LogP) is 1.02. The summed E-state index contributed by atoms with van der Waals surface area (Å²) in [5, 5.41) is 9.11. The Morgan fingerprint density at radius 3 is 2.44 bits per heavy atom.